The lowest BCUT2D eigenvalue weighted by Crippen LogP contribution is -2.47. The average Bonchev–Trinajstić information content (AvgIpc) is 2.84. The number of unbranched alkanes of at least 4 members (excludes halogenated alkanes) is 1. The monoisotopic (exact) mass is 430 g/mol. The predicted octanol–water partition coefficient (Wildman–Crippen LogP) is 2.50. The fourth-order valence-electron chi connectivity index (χ4n) is 4.36. The fraction of sp³-hybridized carbons (Fsp3) is 0.682. The number of methoxy groups -OCH3 is 2. The van der Waals surface area contributed by atoms with Crippen molar-refractivity contribution in [2.24, 2.45) is 4.99 Å². The summed E-state index contributed by atoms with van der Waals surface area (Å²) in [6.45, 7) is 5.64. The van der Waals surface area contributed by atoms with Crippen LogP contribution < -0.4 is 14.4 Å². The van der Waals surface area contributed by atoms with Gasteiger partial charge in [0, 0.05) is 44.3 Å². The van der Waals surface area contributed by atoms with Crippen molar-refractivity contribution in [2.45, 2.75) is 44.6 Å². The lowest BCUT2D eigenvalue weighted by Gasteiger charge is -2.35. The van der Waals surface area contributed by atoms with E-state index in [0.29, 0.717) is 23.8 Å². The van der Waals surface area contributed by atoms with E-state index in [0.717, 1.165) is 65.0 Å². The number of aliphatic imine (C=N–C) groups is 1. The third-order valence-electron chi connectivity index (χ3n) is 6.16. The first kappa shape index (κ1) is 21.8. The number of anilines is 1. The van der Waals surface area contributed by atoms with Crippen molar-refractivity contribution >= 4 is 11.7 Å². The van der Waals surface area contributed by atoms with E-state index >= 15 is 0 Å². The third-order valence-corrected chi connectivity index (χ3v) is 6.16. The molecule has 3 aliphatic rings. The lowest BCUT2D eigenvalue weighted by molar-refractivity contribution is -0.139. The van der Waals surface area contributed by atoms with Crippen molar-refractivity contribution in [3.05, 3.63) is 18.5 Å². The van der Waals surface area contributed by atoms with Crippen molar-refractivity contribution in [1.82, 2.24) is 19.9 Å². The summed E-state index contributed by atoms with van der Waals surface area (Å²) in [4.78, 5) is 24.2. The van der Waals surface area contributed by atoms with Gasteiger partial charge in [-0.3, -0.25) is 19.8 Å². The first-order chi connectivity index (χ1) is 15.3. The highest BCUT2D eigenvalue weighted by Gasteiger charge is 2.27. The molecule has 0 spiro atoms. The molecule has 2 aliphatic heterocycles. The van der Waals surface area contributed by atoms with Gasteiger partial charge in [-0.15, -0.1) is 0 Å². The number of rotatable bonds is 9. The molecule has 0 bridgehead atoms. The molecular formula is C22H34N6O3. The molecular weight excluding hydrogens is 396 g/mol. The van der Waals surface area contributed by atoms with Crippen LogP contribution in [0.25, 0.3) is 0 Å². The van der Waals surface area contributed by atoms with Crippen molar-refractivity contribution in [1.29, 1.82) is 0 Å². The third kappa shape index (κ3) is 5.65. The van der Waals surface area contributed by atoms with Gasteiger partial charge in [-0.2, -0.15) is 9.97 Å². The van der Waals surface area contributed by atoms with Gasteiger partial charge in [0.15, 0.2) is 0 Å². The molecule has 1 aliphatic carbocycles. The van der Waals surface area contributed by atoms with Crippen LogP contribution in [0.2, 0.25) is 0 Å². The maximum atomic E-state index is 6.06. The van der Waals surface area contributed by atoms with Gasteiger partial charge in [-0.1, -0.05) is 6.42 Å². The molecule has 170 valence electrons. The van der Waals surface area contributed by atoms with Gasteiger partial charge in [0.1, 0.15) is 0 Å². The molecule has 3 heterocycles. The van der Waals surface area contributed by atoms with Gasteiger partial charge in [0.25, 0.3) is 0 Å². The zero-order chi connectivity index (χ0) is 21.5. The minimum atomic E-state index is 0.351. The highest BCUT2D eigenvalue weighted by Crippen LogP contribution is 2.24. The molecule has 4 rings (SSSR count). The van der Waals surface area contributed by atoms with Crippen molar-refractivity contribution in [3.63, 3.8) is 0 Å². The number of hydrogen-bond donors (Lipinski definition) is 0. The summed E-state index contributed by atoms with van der Waals surface area (Å²) in [6, 6.07) is 2.05. The molecule has 31 heavy (non-hydrogen) atoms. The van der Waals surface area contributed by atoms with Gasteiger partial charge in [0.2, 0.25) is 17.7 Å². The van der Waals surface area contributed by atoms with Crippen LogP contribution in [0.5, 0.6) is 11.8 Å². The molecule has 1 atom stereocenters. The first-order valence-corrected chi connectivity index (χ1v) is 11.4. The molecule has 1 saturated carbocycles. The van der Waals surface area contributed by atoms with Crippen LogP contribution in [0, 0.1) is 0 Å². The largest absolute Gasteiger partial charge is 0.481 e. The highest BCUT2D eigenvalue weighted by molar-refractivity contribution is 5.91. The predicted molar refractivity (Wildman–Crippen MR) is 120 cm³/mol. The number of hydroxylamine groups is 2. The molecule has 1 aromatic heterocycles. The van der Waals surface area contributed by atoms with E-state index in [1.165, 1.54) is 18.6 Å². The number of piperazine rings is 1. The Kier molecular flexibility index (Phi) is 7.58. The number of nitrogens with zero attached hydrogens (tertiary/aromatic N) is 6. The summed E-state index contributed by atoms with van der Waals surface area (Å²) >= 11 is 0. The Hall–Kier alpha value is -2.39. The van der Waals surface area contributed by atoms with Crippen molar-refractivity contribution in [2.75, 3.05) is 58.5 Å². The van der Waals surface area contributed by atoms with E-state index in [9.17, 15) is 0 Å². The van der Waals surface area contributed by atoms with Gasteiger partial charge in [-0.05, 0) is 38.6 Å². The molecule has 1 aromatic rings. The second-order valence-electron chi connectivity index (χ2n) is 8.16. The van der Waals surface area contributed by atoms with E-state index in [-0.39, 0.29) is 0 Å². The van der Waals surface area contributed by atoms with Crippen molar-refractivity contribution in [3.8, 4) is 11.8 Å². The van der Waals surface area contributed by atoms with E-state index in [1.807, 2.05) is 17.5 Å². The Morgan fingerprint density at radius 3 is 2.52 bits per heavy atom. The fourth-order valence-corrected chi connectivity index (χ4v) is 4.36. The van der Waals surface area contributed by atoms with Gasteiger partial charge in [-0.25, -0.2) is 0 Å². The number of hydrogen-bond acceptors (Lipinski definition) is 9. The average molecular weight is 431 g/mol. The summed E-state index contributed by atoms with van der Waals surface area (Å²) in [5, 5.41) is 2.03. The second kappa shape index (κ2) is 10.8. The molecule has 2 fully saturated rings. The topological polar surface area (TPSA) is 75.6 Å². The maximum absolute atomic E-state index is 6.06. The van der Waals surface area contributed by atoms with E-state index in [2.05, 4.69) is 24.8 Å². The second-order valence-corrected chi connectivity index (χ2v) is 8.16. The number of aromatic nitrogens is 2. The molecule has 0 aromatic carbocycles. The van der Waals surface area contributed by atoms with Gasteiger partial charge >= 0.3 is 0 Å². The van der Waals surface area contributed by atoms with Crippen LogP contribution in [0.15, 0.2) is 23.5 Å². The van der Waals surface area contributed by atoms with Crippen LogP contribution in [-0.4, -0.2) is 85.2 Å². The lowest BCUT2D eigenvalue weighted by atomic mass is 9.92. The number of ether oxygens (including phenoxy) is 2. The summed E-state index contributed by atoms with van der Waals surface area (Å²) in [7, 11) is 3.22. The van der Waals surface area contributed by atoms with E-state index < -0.39 is 0 Å². The summed E-state index contributed by atoms with van der Waals surface area (Å²) in [5.41, 5.74) is 1.28. The highest BCUT2D eigenvalue weighted by atomic mass is 16.7. The minimum Gasteiger partial charge on any atom is -0.481 e. The standard InChI is InChI=1S/C22H34N6O3/c1-29-20-17-21(30-2)25-22(24-20)27-14-12-26(13-15-27)10-5-6-16-31-28-11-9-23-18-7-3-4-8-19(18)28/h9,11,17,19H,3-8,10,12-16H2,1-2H3. The van der Waals surface area contributed by atoms with Gasteiger partial charge < -0.3 is 14.4 Å². The number of fused-ring (bicyclic) bond motifs is 1. The molecule has 0 radical (unpaired) electrons. The zero-order valence-corrected chi connectivity index (χ0v) is 18.7. The quantitative estimate of drug-likeness (QED) is 0.553. The first-order valence-electron chi connectivity index (χ1n) is 11.4. The van der Waals surface area contributed by atoms with Crippen LogP contribution in [0.1, 0.15) is 38.5 Å². The summed E-state index contributed by atoms with van der Waals surface area (Å²) < 4.78 is 10.5. The summed E-state index contributed by atoms with van der Waals surface area (Å²) in [6.07, 6.45) is 10.8. The van der Waals surface area contributed by atoms with Crippen molar-refractivity contribution < 1.29 is 14.3 Å². The Morgan fingerprint density at radius 2 is 1.77 bits per heavy atom. The zero-order valence-electron chi connectivity index (χ0n) is 18.7. The molecule has 1 unspecified atom stereocenters. The van der Waals surface area contributed by atoms with E-state index in [1.54, 1.807) is 20.3 Å². The Labute approximate surface area is 184 Å². The van der Waals surface area contributed by atoms with Gasteiger partial charge in [0.05, 0.1) is 32.9 Å². The molecule has 9 nitrogen and oxygen atoms in total. The van der Waals surface area contributed by atoms with E-state index in [4.69, 9.17) is 14.3 Å². The SMILES string of the molecule is COc1cc(OC)nc(N2CCN(CCCCON3C=CN=C4CCCCC43)CC2)n1. The van der Waals surface area contributed by atoms with Crippen LogP contribution in [0.4, 0.5) is 5.95 Å². The van der Waals surface area contributed by atoms with Crippen LogP contribution in [-0.2, 0) is 4.84 Å². The minimum absolute atomic E-state index is 0.351. The maximum Gasteiger partial charge on any atom is 0.232 e. The summed E-state index contributed by atoms with van der Waals surface area (Å²) in [5.74, 6) is 1.73. The van der Waals surface area contributed by atoms with Crippen LogP contribution in [0.3, 0.4) is 0 Å². The normalized spacial score (nSPS) is 21.6. The molecule has 0 N–H and O–H groups in total. The molecule has 9 heteroatoms. The smallest absolute Gasteiger partial charge is 0.232 e. The Morgan fingerprint density at radius 1 is 1.00 bits per heavy atom. The molecule has 1 saturated heterocycles. The molecule has 0 amide bonds. The van der Waals surface area contributed by atoms with Crippen LogP contribution >= 0.6 is 0 Å². The Bertz CT molecular complexity index is 756. The Balaban J connectivity index is 1.14.